The van der Waals surface area contributed by atoms with E-state index < -0.39 is 5.91 Å². The predicted octanol–water partition coefficient (Wildman–Crippen LogP) is 2.87. The Kier molecular flexibility index (Phi) is 4.95. The lowest BCUT2D eigenvalue weighted by molar-refractivity contribution is 0.102. The van der Waals surface area contributed by atoms with Crippen molar-refractivity contribution in [1.29, 1.82) is 0 Å². The maximum Gasteiger partial charge on any atom is 0.275 e. The summed E-state index contributed by atoms with van der Waals surface area (Å²) in [5.41, 5.74) is 0.554. The van der Waals surface area contributed by atoms with Gasteiger partial charge < -0.3 is 15.0 Å². The molecule has 1 amide bonds. The molecule has 1 aromatic heterocycles. The number of amides is 1. The van der Waals surface area contributed by atoms with E-state index in [-0.39, 0.29) is 5.69 Å². The van der Waals surface area contributed by atoms with Crippen LogP contribution < -0.4 is 10.2 Å². The van der Waals surface area contributed by atoms with E-state index in [1.54, 1.807) is 24.4 Å². The Morgan fingerprint density at radius 3 is 2.43 bits per heavy atom. The van der Waals surface area contributed by atoms with Crippen molar-refractivity contribution in [2.24, 2.45) is 0 Å². The Labute approximate surface area is 143 Å². The van der Waals surface area contributed by atoms with E-state index >= 15 is 0 Å². The van der Waals surface area contributed by atoms with Crippen LogP contribution in [0.15, 0.2) is 30.6 Å². The quantitative estimate of drug-likeness (QED) is 0.919. The number of nitrogens with zero attached hydrogens (tertiary/aromatic N) is 3. The predicted molar refractivity (Wildman–Crippen MR) is 89.5 cm³/mol. The van der Waals surface area contributed by atoms with Crippen molar-refractivity contribution >= 4 is 40.6 Å². The highest BCUT2D eigenvalue weighted by Crippen LogP contribution is 2.30. The monoisotopic (exact) mass is 352 g/mol. The molecule has 2 aromatic rings. The topological polar surface area (TPSA) is 67.4 Å². The minimum Gasteiger partial charge on any atom is -0.378 e. The molecule has 0 unspecified atom stereocenters. The van der Waals surface area contributed by atoms with Gasteiger partial charge in [-0.05, 0) is 12.1 Å². The number of morpholine rings is 1. The van der Waals surface area contributed by atoms with Crippen LogP contribution in [-0.2, 0) is 4.74 Å². The van der Waals surface area contributed by atoms with Crippen molar-refractivity contribution in [2.45, 2.75) is 0 Å². The number of hydrogen-bond donors (Lipinski definition) is 1. The van der Waals surface area contributed by atoms with E-state index in [2.05, 4.69) is 20.2 Å². The molecule has 0 spiro atoms. The van der Waals surface area contributed by atoms with Crippen molar-refractivity contribution < 1.29 is 9.53 Å². The van der Waals surface area contributed by atoms with Crippen LogP contribution in [0.2, 0.25) is 10.0 Å². The molecule has 0 saturated carbocycles. The smallest absolute Gasteiger partial charge is 0.275 e. The van der Waals surface area contributed by atoms with Crippen LogP contribution in [0.25, 0.3) is 0 Å². The number of carbonyl (C=O) groups is 1. The average Bonchev–Trinajstić information content (AvgIpc) is 2.59. The Morgan fingerprint density at radius 1 is 1.13 bits per heavy atom. The highest BCUT2D eigenvalue weighted by Gasteiger charge is 2.16. The summed E-state index contributed by atoms with van der Waals surface area (Å²) in [5, 5.41) is 3.38. The molecule has 1 aliphatic rings. The summed E-state index contributed by atoms with van der Waals surface area (Å²) in [4.78, 5) is 22.8. The molecule has 1 fully saturated rings. The maximum absolute atomic E-state index is 12.2. The summed E-state index contributed by atoms with van der Waals surface area (Å²) in [5.74, 6) is 0.307. The summed E-state index contributed by atoms with van der Waals surface area (Å²) in [6.07, 6.45) is 3.01. The van der Waals surface area contributed by atoms with Crippen molar-refractivity contribution in [1.82, 2.24) is 9.97 Å². The van der Waals surface area contributed by atoms with E-state index in [0.717, 1.165) is 18.9 Å². The van der Waals surface area contributed by atoms with E-state index in [1.165, 1.54) is 6.20 Å². The van der Waals surface area contributed by atoms with Gasteiger partial charge in [-0.1, -0.05) is 29.3 Å². The van der Waals surface area contributed by atoms with E-state index in [0.29, 0.717) is 28.9 Å². The molecule has 1 N–H and O–H groups in total. The summed E-state index contributed by atoms with van der Waals surface area (Å²) < 4.78 is 5.29. The van der Waals surface area contributed by atoms with Crippen molar-refractivity contribution in [2.75, 3.05) is 36.5 Å². The summed E-state index contributed by atoms with van der Waals surface area (Å²) in [7, 11) is 0. The molecule has 0 radical (unpaired) electrons. The SMILES string of the molecule is O=C(Nc1c(Cl)cccc1Cl)c1cnc(N2CCOCC2)cn1. The first-order valence-corrected chi connectivity index (χ1v) is 7.81. The van der Waals surface area contributed by atoms with E-state index in [9.17, 15) is 4.79 Å². The van der Waals surface area contributed by atoms with Crippen LogP contribution >= 0.6 is 23.2 Å². The average molecular weight is 353 g/mol. The molecule has 120 valence electrons. The molecule has 0 aliphatic carbocycles. The molecular formula is C15H14Cl2N4O2. The van der Waals surface area contributed by atoms with Gasteiger partial charge in [-0.2, -0.15) is 0 Å². The number of rotatable bonds is 3. The van der Waals surface area contributed by atoms with Gasteiger partial charge in [0.15, 0.2) is 0 Å². The molecule has 1 aliphatic heterocycles. The zero-order chi connectivity index (χ0) is 16.2. The molecule has 0 bridgehead atoms. The normalized spacial score (nSPS) is 14.6. The summed E-state index contributed by atoms with van der Waals surface area (Å²) in [6, 6.07) is 5.00. The number of benzene rings is 1. The fourth-order valence-corrected chi connectivity index (χ4v) is 2.68. The first-order chi connectivity index (χ1) is 11.1. The summed E-state index contributed by atoms with van der Waals surface area (Å²) >= 11 is 12.1. The number of ether oxygens (including phenoxy) is 1. The molecule has 23 heavy (non-hydrogen) atoms. The van der Waals surface area contributed by atoms with Gasteiger partial charge in [0.25, 0.3) is 5.91 Å². The minimum absolute atomic E-state index is 0.193. The molecule has 3 rings (SSSR count). The number of para-hydroxylation sites is 1. The highest BCUT2D eigenvalue weighted by molar-refractivity contribution is 6.39. The maximum atomic E-state index is 12.2. The van der Waals surface area contributed by atoms with Gasteiger partial charge in [-0.15, -0.1) is 0 Å². The molecule has 2 heterocycles. The van der Waals surface area contributed by atoms with Gasteiger partial charge in [-0.3, -0.25) is 4.79 Å². The number of nitrogens with one attached hydrogen (secondary N) is 1. The van der Waals surface area contributed by atoms with Gasteiger partial charge >= 0.3 is 0 Å². The molecule has 1 saturated heterocycles. The highest BCUT2D eigenvalue weighted by atomic mass is 35.5. The molecule has 0 atom stereocenters. The van der Waals surface area contributed by atoms with E-state index in [4.69, 9.17) is 27.9 Å². The Hall–Kier alpha value is -1.89. The second kappa shape index (κ2) is 7.12. The number of carbonyl (C=O) groups excluding carboxylic acids is 1. The third-order valence-electron chi connectivity index (χ3n) is 3.41. The van der Waals surface area contributed by atoms with Crippen molar-refractivity contribution in [3.8, 4) is 0 Å². The molecule has 8 heteroatoms. The van der Waals surface area contributed by atoms with Crippen LogP contribution in [0, 0.1) is 0 Å². The fraction of sp³-hybridized carbons (Fsp3) is 0.267. The second-order valence-electron chi connectivity index (χ2n) is 4.91. The van der Waals surface area contributed by atoms with E-state index in [1.807, 2.05) is 0 Å². The van der Waals surface area contributed by atoms with Crippen molar-refractivity contribution in [3.05, 3.63) is 46.3 Å². The van der Waals surface area contributed by atoms with Gasteiger partial charge in [-0.25, -0.2) is 9.97 Å². The standard InChI is InChI=1S/C15H14Cl2N4O2/c16-10-2-1-3-11(17)14(10)20-15(22)12-8-19-13(9-18-12)21-4-6-23-7-5-21/h1-3,8-9H,4-7H2,(H,20,22). The zero-order valence-corrected chi connectivity index (χ0v) is 13.6. The lowest BCUT2D eigenvalue weighted by Gasteiger charge is -2.27. The Morgan fingerprint density at radius 2 is 1.83 bits per heavy atom. The minimum atomic E-state index is -0.416. The third kappa shape index (κ3) is 3.72. The van der Waals surface area contributed by atoms with Crippen LogP contribution in [0.3, 0.4) is 0 Å². The zero-order valence-electron chi connectivity index (χ0n) is 12.1. The van der Waals surface area contributed by atoms with Crippen LogP contribution in [0.4, 0.5) is 11.5 Å². The molecule has 6 nitrogen and oxygen atoms in total. The van der Waals surface area contributed by atoms with Gasteiger partial charge in [0.2, 0.25) is 0 Å². The number of hydrogen-bond acceptors (Lipinski definition) is 5. The van der Waals surface area contributed by atoms with Crippen LogP contribution in [0.5, 0.6) is 0 Å². The lowest BCUT2D eigenvalue weighted by Crippen LogP contribution is -2.36. The first kappa shape index (κ1) is 16.0. The van der Waals surface area contributed by atoms with Crippen molar-refractivity contribution in [3.63, 3.8) is 0 Å². The Balaban J connectivity index is 1.72. The largest absolute Gasteiger partial charge is 0.378 e. The van der Waals surface area contributed by atoms with Crippen LogP contribution in [-0.4, -0.2) is 42.2 Å². The number of anilines is 2. The van der Waals surface area contributed by atoms with Crippen LogP contribution in [0.1, 0.15) is 10.5 Å². The number of halogens is 2. The number of aromatic nitrogens is 2. The lowest BCUT2D eigenvalue weighted by atomic mass is 10.3. The van der Waals surface area contributed by atoms with Gasteiger partial charge in [0, 0.05) is 13.1 Å². The third-order valence-corrected chi connectivity index (χ3v) is 4.04. The first-order valence-electron chi connectivity index (χ1n) is 7.05. The summed E-state index contributed by atoms with van der Waals surface area (Å²) in [6.45, 7) is 2.84. The Bertz CT molecular complexity index is 683. The van der Waals surface area contributed by atoms with Gasteiger partial charge in [0.05, 0.1) is 41.3 Å². The van der Waals surface area contributed by atoms with Gasteiger partial charge in [0.1, 0.15) is 11.5 Å². The second-order valence-corrected chi connectivity index (χ2v) is 5.72. The fourth-order valence-electron chi connectivity index (χ4n) is 2.19. The molecular weight excluding hydrogens is 339 g/mol. The molecule has 1 aromatic carbocycles.